The third kappa shape index (κ3) is 2.44. The summed E-state index contributed by atoms with van der Waals surface area (Å²) in [5.74, 6) is 0.578. The minimum absolute atomic E-state index is 0.178. The summed E-state index contributed by atoms with van der Waals surface area (Å²) in [7, 11) is 0. The van der Waals surface area contributed by atoms with Crippen molar-refractivity contribution in [2.45, 2.75) is 32.4 Å². The van der Waals surface area contributed by atoms with Gasteiger partial charge in [-0.3, -0.25) is 4.90 Å². The fourth-order valence-electron chi connectivity index (χ4n) is 1.67. The monoisotopic (exact) mass is 172 g/mol. The largest absolute Gasteiger partial charge is 0.392 e. The molecule has 3 atom stereocenters. The molecule has 1 rings (SSSR count). The first kappa shape index (κ1) is 9.96. The minimum atomic E-state index is -0.178. The van der Waals surface area contributed by atoms with Crippen molar-refractivity contribution in [3.8, 4) is 0 Å². The van der Waals surface area contributed by atoms with Crippen LogP contribution in [0.15, 0.2) is 0 Å². The summed E-state index contributed by atoms with van der Waals surface area (Å²) in [6.07, 6.45) is 0.655. The van der Waals surface area contributed by atoms with Crippen LogP contribution in [-0.2, 0) is 0 Å². The highest BCUT2D eigenvalue weighted by Crippen LogP contribution is 2.14. The summed E-state index contributed by atoms with van der Waals surface area (Å²) >= 11 is 0. The first-order chi connectivity index (χ1) is 5.63. The van der Waals surface area contributed by atoms with Gasteiger partial charge >= 0.3 is 0 Å². The van der Waals surface area contributed by atoms with Gasteiger partial charge in [0.2, 0.25) is 0 Å². The van der Waals surface area contributed by atoms with Crippen molar-refractivity contribution in [2.75, 3.05) is 19.6 Å². The van der Waals surface area contributed by atoms with E-state index in [4.69, 9.17) is 5.73 Å². The van der Waals surface area contributed by atoms with E-state index in [-0.39, 0.29) is 6.10 Å². The van der Waals surface area contributed by atoms with Crippen LogP contribution in [0, 0.1) is 5.92 Å². The van der Waals surface area contributed by atoms with Gasteiger partial charge in [-0.05, 0) is 12.3 Å². The molecule has 0 radical (unpaired) electrons. The Hall–Kier alpha value is -0.120. The van der Waals surface area contributed by atoms with E-state index in [0.29, 0.717) is 12.0 Å². The van der Waals surface area contributed by atoms with E-state index < -0.39 is 0 Å². The van der Waals surface area contributed by atoms with Gasteiger partial charge in [0.25, 0.3) is 0 Å². The molecule has 72 valence electrons. The van der Waals surface area contributed by atoms with Crippen LogP contribution in [0.25, 0.3) is 0 Å². The number of aliphatic hydroxyl groups is 1. The summed E-state index contributed by atoms with van der Waals surface area (Å²) in [5, 5.41) is 9.41. The van der Waals surface area contributed by atoms with E-state index in [2.05, 4.69) is 11.8 Å². The second-order valence-corrected chi connectivity index (χ2v) is 3.92. The van der Waals surface area contributed by atoms with Gasteiger partial charge in [-0.1, -0.05) is 13.8 Å². The molecule has 12 heavy (non-hydrogen) atoms. The second-order valence-electron chi connectivity index (χ2n) is 3.92. The number of hydrogen-bond donors (Lipinski definition) is 2. The number of nitrogens with zero attached hydrogens (tertiary/aromatic N) is 1. The molecule has 0 amide bonds. The van der Waals surface area contributed by atoms with Crippen molar-refractivity contribution in [2.24, 2.45) is 11.7 Å². The van der Waals surface area contributed by atoms with Crippen molar-refractivity contribution >= 4 is 0 Å². The fraction of sp³-hybridized carbons (Fsp3) is 1.00. The summed E-state index contributed by atoms with van der Waals surface area (Å²) < 4.78 is 0. The zero-order valence-electron chi connectivity index (χ0n) is 8.03. The van der Waals surface area contributed by atoms with E-state index in [1.165, 1.54) is 0 Å². The van der Waals surface area contributed by atoms with Gasteiger partial charge in [-0.25, -0.2) is 0 Å². The highest BCUT2D eigenvalue weighted by Gasteiger charge is 2.27. The molecule has 3 N–H and O–H groups in total. The molecule has 1 fully saturated rings. The van der Waals surface area contributed by atoms with Crippen LogP contribution in [0.5, 0.6) is 0 Å². The Balaban J connectivity index is 2.27. The third-order valence-corrected chi connectivity index (χ3v) is 2.69. The Morgan fingerprint density at radius 1 is 1.58 bits per heavy atom. The summed E-state index contributed by atoms with van der Waals surface area (Å²) in [6, 6.07) is 0.300. The third-order valence-electron chi connectivity index (χ3n) is 2.69. The Labute approximate surface area is 74.5 Å². The van der Waals surface area contributed by atoms with E-state index in [0.717, 1.165) is 26.1 Å². The van der Waals surface area contributed by atoms with Crippen LogP contribution >= 0.6 is 0 Å². The molecular weight excluding hydrogens is 152 g/mol. The first-order valence-corrected chi connectivity index (χ1v) is 4.79. The Kier molecular flexibility index (Phi) is 3.50. The zero-order valence-corrected chi connectivity index (χ0v) is 8.03. The van der Waals surface area contributed by atoms with Crippen molar-refractivity contribution in [1.29, 1.82) is 0 Å². The number of β-amino-alcohol motifs (C(OH)–C–C–N with tert-alkyl or cyclic N) is 1. The molecule has 1 aliphatic rings. The van der Waals surface area contributed by atoms with Crippen LogP contribution in [0.3, 0.4) is 0 Å². The van der Waals surface area contributed by atoms with Crippen molar-refractivity contribution in [3.63, 3.8) is 0 Å². The summed E-state index contributed by atoms with van der Waals surface area (Å²) in [4.78, 5) is 2.25. The quantitative estimate of drug-likeness (QED) is 0.632. The first-order valence-electron chi connectivity index (χ1n) is 4.79. The maximum Gasteiger partial charge on any atom is 0.0664 e. The molecule has 0 bridgehead atoms. The SMILES string of the molecule is CCC(O)CN1CC(C)C(N)C1. The maximum absolute atomic E-state index is 9.41. The second kappa shape index (κ2) is 4.21. The standard InChI is InChI=1S/C9H20N2O/c1-3-8(12)5-11-4-7(2)9(10)6-11/h7-9,12H,3-6,10H2,1-2H3. The average Bonchev–Trinajstić information content (AvgIpc) is 2.31. The molecule has 3 unspecified atom stereocenters. The van der Waals surface area contributed by atoms with E-state index in [1.807, 2.05) is 6.92 Å². The smallest absolute Gasteiger partial charge is 0.0664 e. The van der Waals surface area contributed by atoms with E-state index >= 15 is 0 Å². The number of hydrogen-bond acceptors (Lipinski definition) is 3. The van der Waals surface area contributed by atoms with E-state index in [1.54, 1.807) is 0 Å². The van der Waals surface area contributed by atoms with Crippen molar-refractivity contribution in [1.82, 2.24) is 4.90 Å². The van der Waals surface area contributed by atoms with Gasteiger partial charge in [0.1, 0.15) is 0 Å². The molecule has 0 aliphatic carbocycles. The summed E-state index contributed by atoms with van der Waals surface area (Å²) in [6.45, 7) is 6.94. The molecule has 3 nitrogen and oxygen atoms in total. The van der Waals surface area contributed by atoms with Crippen molar-refractivity contribution < 1.29 is 5.11 Å². The predicted molar refractivity (Wildman–Crippen MR) is 49.9 cm³/mol. The lowest BCUT2D eigenvalue weighted by Gasteiger charge is -2.18. The average molecular weight is 172 g/mol. The zero-order chi connectivity index (χ0) is 9.14. The molecule has 0 aromatic heterocycles. The molecule has 0 aromatic carbocycles. The van der Waals surface area contributed by atoms with Crippen LogP contribution < -0.4 is 5.73 Å². The minimum Gasteiger partial charge on any atom is -0.392 e. The summed E-state index contributed by atoms with van der Waals surface area (Å²) in [5.41, 5.74) is 5.86. The Bertz CT molecular complexity index is 130. The van der Waals surface area contributed by atoms with Gasteiger partial charge in [-0.15, -0.1) is 0 Å². The van der Waals surface area contributed by atoms with Gasteiger partial charge in [-0.2, -0.15) is 0 Å². The van der Waals surface area contributed by atoms with Crippen molar-refractivity contribution in [3.05, 3.63) is 0 Å². The molecule has 3 heteroatoms. The van der Waals surface area contributed by atoms with E-state index in [9.17, 15) is 5.11 Å². The number of rotatable bonds is 3. The maximum atomic E-state index is 9.41. The predicted octanol–water partition coefficient (Wildman–Crippen LogP) is 0.0363. The highest BCUT2D eigenvalue weighted by atomic mass is 16.3. The van der Waals surface area contributed by atoms with Crippen LogP contribution in [0.2, 0.25) is 0 Å². The normalized spacial score (nSPS) is 34.0. The highest BCUT2D eigenvalue weighted by molar-refractivity contribution is 4.84. The van der Waals surface area contributed by atoms with Gasteiger partial charge in [0.05, 0.1) is 6.10 Å². The van der Waals surface area contributed by atoms with Crippen LogP contribution in [-0.4, -0.2) is 41.8 Å². The van der Waals surface area contributed by atoms with Crippen LogP contribution in [0.1, 0.15) is 20.3 Å². The van der Waals surface area contributed by atoms with Gasteiger partial charge in [0.15, 0.2) is 0 Å². The molecule has 0 saturated carbocycles. The van der Waals surface area contributed by atoms with Gasteiger partial charge in [0, 0.05) is 25.7 Å². The number of aliphatic hydroxyl groups excluding tert-OH is 1. The lowest BCUT2D eigenvalue weighted by atomic mass is 10.1. The van der Waals surface area contributed by atoms with Gasteiger partial charge < -0.3 is 10.8 Å². The molecule has 0 aromatic rings. The Morgan fingerprint density at radius 3 is 2.67 bits per heavy atom. The molecule has 1 heterocycles. The molecule has 0 spiro atoms. The Morgan fingerprint density at radius 2 is 2.25 bits per heavy atom. The molecular formula is C9H20N2O. The molecule has 1 saturated heterocycles. The number of nitrogens with two attached hydrogens (primary N) is 1. The number of likely N-dealkylation sites (tertiary alicyclic amines) is 1. The topological polar surface area (TPSA) is 49.5 Å². The lowest BCUT2D eigenvalue weighted by Crippen LogP contribution is -2.32. The van der Waals surface area contributed by atoms with Crippen LogP contribution in [0.4, 0.5) is 0 Å². The molecule has 1 aliphatic heterocycles. The lowest BCUT2D eigenvalue weighted by molar-refractivity contribution is 0.120. The fourth-order valence-corrected chi connectivity index (χ4v) is 1.67.